The van der Waals surface area contributed by atoms with Gasteiger partial charge in [0.15, 0.2) is 0 Å². The normalized spacial score (nSPS) is 11.0. The highest BCUT2D eigenvalue weighted by molar-refractivity contribution is 5.02. The molecule has 3 nitrogen and oxygen atoms in total. The summed E-state index contributed by atoms with van der Waals surface area (Å²) in [5.74, 6) is 0. The molecule has 1 aromatic rings. The lowest BCUT2D eigenvalue weighted by Crippen LogP contribution is -2.22. The van der Waals surface area contributed by atoms with Crippen molar-refractivity contribution in [3.05, 3.63) is 24.0 Å². The van der Waals surface area contributed by atoms with Gasteiger partial charge in [0, 0.05) is 18.4 Å². The molecule has 0 saturated heterocycles. The molecule has 1 rings (SSSR count). The van der Waals surface area contributed by atoms with E-state index in [0.29, 0.717) is 0 Å². The third kappa shape index (κ3) is 4.10. The molecule has 0 amide bonds. The third-order valence-corrected chi connectivity index (χ3v) is 2.07. The fourth-order valence-electron chi connectivity index (χ4n) is 1.36. The first-order chi connectivity index (χ1) is 6.33. The molecule has 0 fully saturated rings. The lowest BCUT2D eigenvalue weighted by molar-refractivity contribution is 0.318. The average Bonchev–Trinajstić information content (AvgIpc) is 2.57. The minimum atomic E-state index is 1.01. The van der Waals surface area contributed by atoms with Crippen LogP contribution in [0.25, 0.3) is 0 Å². The molecule has 0 radical (unpaired) electrons. The molecule has 0 unspecified atom stereocenters. The molecule has 3 heteroatoms. The predicted molar refractivity (Wildman–Crippen MR) is 55.7 cm³/mol. The molecule has 0 saturated carbocycles. The maximum atomic E-state index is 3.20. The van der Waals surface area contributed by atoms with E-state index in [1.54, 1.807) is 0 Å². The third-order valence-electron chi connectivity index (χ3n) is 2.07. The number of nitrogens with zero attached hydrogens (tertiary/aromatic N) is 1. The van der Waals surface area contributed by atoms with Crippen molar-refractivity contribution in [2.45, 2.75) is 13.0 Å². The zero-order valence-corrected chi connectivity index (χ0v) is 8.51. The fourth-order valence-corrected chi connectivity index (χ4v) is 1.36. The van der Waals surface area contributed by atoms with Crippen molar-refractivity contribution < 1.29 is 0 Å². The van der Waals surface area contributed by atoms with Gasteiger partial charge in [0.05, 0.1) is 0 Å². The molecule has 0 aliphatic rings. The highest BCUT2D eigenvalue weighted by Gasteiger charge is 1.99. The van der Waals surface area contributed by atoms with Crippen molar-refractivity contribution >= 4 is 0 Å². The van der Waals surface area contributed by atoms with Gasteiger partial charge in [-0.25, -0.2) is 0 Å². The molecule has 1 aromatic heterocycles. The van der Waals surface area contributed by atoms with Crippen LogP contribution in [0.15, 0.2) is 18.3 Å². The molecule has 1 heterocycles. The quantitative estimate of drug-likeness (QED) is 0.643. The van der Waals surface area contributed by atoms with Crippen LogP contribution in [0.1, 0.15) is 12.1 Å². The second-order valence-electron chi connectivity index (χ2n) is 3.39. The van der Waals surface area contributed by atoms with Crippen LogP contribution in [-0.4, -0.2) is 37.1 Å². The Morgan fingerprint density at radius 3 is 3.00 bits per heavy atom. The van der Waals surface area contributed by atoms with Crippen LogP contribution in [0.3, 0.4) is 0 Å². The highest BCUT2D eigenvalue weighted by atomic mass is 15.1. The molecule has 2 N–H and O–H groups in total. The van der Waals surface area contributed by atoms with Gasteiger partial charge in [-0.05, 0) is 45.7 Å². The van der Waals surface area contributed by atoms with Gasteiger partial charge in [-0.2, -0.15) is 0 Å². The minimum Gasteiger partial charge on any atom is -0.364 e. The van der Waals surface area contributed by atoms with E-state index >= 15 is 0 Å². The Hall–Kier alpha value is -0.800. The van der Waals surface area contributed by atoms with Gasteiger partial charge in [0.1, 0.15) is 0 Å². The minimum absolute atomic E-state index is 1.01. The molecule has 0 spiro atoms. The average molecular weight is 181 g/mol. The maximum Gasteiger partial charge on any atom is 0.0382 e. The van der Waals surface area contributed by atoms with E-state index in [2.05, 4.69) is 28.3 Å². The van der Waals surface area contributed by atoms with E-state index in [1.165, 1.54) is 12.1 Å². The second kappa shape index (κ2) is 5.78. The summed E-state index contributed by atoms with van der Waals surface area (Å²) in [6, 6.07) is 4.16. The number of hydrogen-bond acceptors (Lipinski definition) is 2. The zero-order valence-electron chi connectivity index (χ0n) is 8.51. The fraction of sp³-hybridized carbons (Fsp3) is 0.600. The summed E-state index contributed by atoms with van der Waals surface area (Å²) in [6.07, 6.45) is 3.17. The Balaban J connectivity index is 2.14. The number of hydrogen-bond donors (Lipinski definition) is 2. The summed E-state index contributed by atoms with van der Waals surface area (Å²) in [5.41, 5.74) is 1.28. The van der Waals surface area contributed by atoms with Crippen molar-refractivity contribution in [1.29, 1.82) is 0 Å². The molecule has 0 aliphatic heterocycles. The SMILES string of the molecule is CNCCCN(C)Cc1ccc[nH]1. The largest absolute Gasteiger partial charge is 0.364 e. The van der Waals surface area contributed by atoms with Crippen molar-refractivity contribution in [1.82, 2.24) is 15.2 Å². The molecule has 0 aliphatic carbocycles. The van der Waals surface area contributed by atoms with Crippen LogP contribution in [0.5, 0.6) is 0 Å². The van der Waals surface area contributed by atoms with E-state index in [9.17, 15) is 0 Å². The van der Waals surface area contributed by atoms with E-state index in [-0.39, 0.29) is 0 Å². The monoisotopic (exact) mass is 181 g/mol. The van der Waals surface area contributed by atoms with Crippen molar-refractivity contribution in [2.24, 2.45) is 0 Å². The smallest absolute Gasteiger partial charge is 0.0382 e. The Morgan fingerprint density at radius 1 is 1.54 bits per heavy atom. The van der Waals surface area contributed by atoms with Gasteiger partial charge in [0.25, 0.3) is 0 Å². The molecule has 0 aromatic carbocycles. The number of aromatic amines is 1. The van der Waals surface area contributed by atoms with E-state index < -0.39 is 0 Å². The van der Waals surface area contributed by atoms with Crippen LogP contribution >= 0.6 is 0 Å². The second-order valence-corrected chi connectivity index (χ2v) is 3.39. The zero-order chi connectivity index (χ0) is 9.52. The predicted octanol–water partition coefficient (Wildman–Crippen LogP) is 1.06. The van der Waals surface area contributed by atoms with Crippen molar-refractivity contribution in [3.8, 4) is 0 Å². The van der Waals surface area contributed by atoms with E-state index in [0.717, 1.165) is 19.6 Å². The van der Waals surface area contributed by atoms with Gasteiger partial charge in [-0.3, -0.25) is 0 Å². The molecule has 74 valence electrons. The summed E-state index contributed by atoms with van der Waals surface area (Å²) >= 11 is 0. The van der Waals surface area contributed by atoms with E-state index in [4.69, 9.17) is 0 Å². The van der Waals surface area contributed by atoms with Gasteiger partial charge in [0.2, 0.25) is 0 Å². The lowest BCUT2D eigenvalue weighted by Gasteiger charge is -2.15. The first-order valence-electron chi connectivity index (χ1n) is 4.78. The molecule has 0 atom stereocenters. The first-order valence-corrected chi connectivity index (χ1v) is 4.78. The summed E-state index contributed by atoms with van der Waals surface area (Å²) < 4.78 is 0. The first kappa shape index (κ1) is 10.3. The lowest BCUT2D eigenvalue weighted by atomic mass is 10.3. The van der Waals surface area contributed by atoms with Gasteiger partial charge >= 0.3 is 0 Å². The highest BCUT2D eigenvalue weighted by Crippen LogP contribution is 1.99. The van der Waals surface area contributed by atoms with E-state index in [1.807, 2.05) is 19.3 Å². The Labute approximate surface area is 80.1 Å². The Bertz CT molecular complexity index is 206. The van der Waals surface area contributed by atoms with Crippen LogP contribution in [-0.2, 0) is 6.54 Å². The van der Waals surface area contributed by atoms with Gasteiger partial charge in [-0.1, -0.05) is 0 Å². The number of rotatable bonds is 6. The van der Waals surface area contributed by atoms with Crippen LogP contribution < -0.4 is 5.32 Å². The van der Waals surface area contributed by atoms with Gasteiger partial charge < -0.3 is 15.2 Å². The topological polar surface area (TPSA) is 31.1 Å². The summed E-state index contributed by atoms with van der Waals surface area (Å²) in [5, 5.41) is 3.15. The number of H-pyrrole nitrogens is 1. The van der Waals surface area contributed by atoms with Crippen molar-refractivity contribution in [3.63, 3.8) is 0 Å². The summed E-state index contributed by atoms with van der Waals surface area (Å²) in [7, 11) is 4.14. The standard InChI is InChI=1S/C10H19N3/c1-11-6-4-8-13(2)9-10-5-3-7-12-10/h3,5,7,11-12H,4,6,8-9H2,1-2H3. The maximum absolute atomic E-state index is 3.20. The Kier molecular flexibility index (Phi) is 4.57. The Morgan fingerprint density at radius 2 is 2.38 bits per heavy atom. The molecular formula is C10H19N3. The molecular weight excluding hydrogens is 162 g/mol. The van der Waals surface area contributed by atoms with Crippen molar-refractivity contribution in [2.75, 3.05) is 27.2 Å². The van der Waals surface area contributed by atoms with Crippen LogP contribution in [0.2, 0.25) is 0 Å². The summed E-state index contributed by atoms with van der Waals surface area (Å²) in [6.45, 7) is 3.24. The summed E-state index contributed by atoms with van der Waals surface area (Å²) in [4.78, 5) is 5.52. The van der Waals surface area contributed by atoms with Crippen LogP contribution in [0, 0.1) is 0 Å². The van der Waals surface area contributed by atoms with Gasteiger partial charge in [-0.15, -0.1) is 0 Å². The molecule has 13 heavy (non-hydrogen) atoms. The number of aromatic nitrogens is 1. The molecule has 0 bridgehead atoms. The van der Waals surface area contributed by atoms with Crippen LogP contribution in [0.4, 0.5) is 0 Å². The number of nitrogens with one attached hydrogen (secondary N) is 2.